The fourth-order valence-electron chi connectivity index (χ4n) is 2.34. The van der Waals surface area contributed by atoms with Crippen LogP contribution in [0, 0.1) is 5.82 Å². The zero-order chi connectivity index (χ0) is 20.8. The number of thioether (sulfide) groups is 1. The van der Waals surface area contributed by atoms with Crippen LogP contribution in [0.25, 0.3) is 0 Å². The number of halogens is 2. The molecule has 0 fully saturated rings. The van der Waals surface area contributed by atoms with Crippen LogP contribution >= 0.6 is 34.7 Å². The molecule has 1 N–H and O–H groups in total. The molecule has 3 aromatic rings. The maximum Gasteiger partial charge on any atom is 0.236 e. The van der Waals surface area contributed by atoms with Crippen LogP contribution in [0.3, 0.4) is 0 Å². The highest BCUT2D eigenvalue weighted by Gasteiger charge is 2.21. The van der Waals surface area contributed by atoms with E-state index in [2.05, 4.69) is 32.3 Å². The van der Waals surface area contributed by atoms with Gasteiger partial charge < -0.3 is 4.74 Å². The van der Waals surface area contributed by atoms with Gasteiger partial charge in [0.1, 0.15) is 17.1 Å². The lowest BCUT2D eigenvalue weighted by Crippen LogP contribution is -2.15. The summed E-state index contributed by atoms with van der Waals surface area (Å²) in [5.41, 5.74) is 1.53. The zero-order valence-electron chi connectivity index (χ0n) is 15.2. The van der Waals surface area contributed by atoms with Crippen molar-refractivity contribution in [3.8, 4) is 5.75 Å². The topological polar surface area (TPSA) is 94.8 Å². The number of nitrogens with one attached hydrogen (secondary N) is 1. The van der Waals surface area contributed by atoms with Crippen LogP contribution < -0.4 is 10.1 Å². The molecule has 1 aromatic carbocycles. The first kappa shape index (κ1) is 21.2. The summed E-state index contributed by atoms with van der Waals surface area (Å²) >= 11 is 8.48. The van der Waals surface area contributed by atoms with Crippen LogP contribution in [0.4, 0.5) is 9.52 Å². The van der Waals surface area contributed by atoms with E-state index in [4.69, 9.17) is 16.3 Å². The summed E-state index contributed by atoms with van der Waals surface area (Å²) in [7, 11) is 0. The Balaban J connectivity index is 1.70. The van der Waals surface area contributed by atoms with Crippen LogP contribution in [-0.2, 0) is 11.3 Å². The number of benzene rings is 1. The molecule has 0 aliphatic heterocycles. The third-order valence-corrected chi connectivity index (χ3v) is 5.43. The van der Waals surface area contributed by atoms with Gasteiger partial charge in [-0.1, -0.05) is 40.8 Å². The Morgan fingerprint density at radius 2 is 2.31 bits per heavy atom. The monoisotopic (exact) mass is 454 g/mol. The number of nitrogens with zero attached hydrogens (tertiary/aromatic N) is 5. The summed E-state index contributed by atoms with van der Waals surface area (Å²) in [4.78, 5) is 12.1. The fraction of sp³-hybridized carbons (Fsp3) is 0.235. The summed E-state index contributed by atoms with van der Waals surface area (Å²) in [5.74, 6) is 0.296. The van der Waals surface area contributed by atoms with Gasteiger partial charge in [-0.3, -0.25) is 14.7 Å². The van der Waals surface area contributed by atoms with E-state index in [1.54, 1.807) is 17.6 Å². The molecule has 0 aliphatic carbocycles. The molecule has 152 valence electrons. The van der Waals surface area contributed by atoms with Gasteiger partial charge in [0.15, 0.2) is 17.1 Å². The van der Waals surface area contributed by atoms with Gasteiger partial charge in [0.05, 0.1) is 10.8 Å². The first-order valence-corrected chi connectivity index (χ1v) is 10.6. The number of aromatic nitrogens is 5. The van der Waals surface area contributed by atoms with Gasteiger partial charge in [0.2, 0.25) is 11.0 Å². The van der Waals surface area contributed by atoms with Crippen molar-refractivity contribution < 1.29 is 13.9 Å². The number of anilines is 1. The van der Waals surface area contributed by atoms with E-state index in [0.29, 0.717) is 28.4 Å². The van der Waals surface area contributed by atoms with Gasteiger partial charge in [0.25, 0.3) is 0 Å². The van der Waals surface area contributed by atoms with E-state index in [-0.39, 0.29) is 16.7 Å². The Morgan fingerprint density at radius 1 is 1.48 bits per heavy atom. The van der Waals surface area contributed by atoms with Crippen molar-refractivity contribution in [2.75, 3.05) is 11.1 Å². The fourth-order valence-corrected chi connectivity index (χ4v) is 3.76. The van der Waals surface area contributed by atoms with Crippen LogP contribution in [0.2, 0.25) is 5.02 Å². The van der Waals surface area contributed by atoms with E-state index < -0.39 is 11.9 Å². The second-order valence-electron chi connectivity index (χ2n) is 5.66. The molecule has 12 heteroatoms. The molecule has 0 aliphatic rings. The summed E-state index contributed by atoms with van der Waals surface area (Å²) < 4.78 is 20.8. The lowest BCUT2D eigenvalue weighted by atomic mass is 10.3. The largest absolute Gasteiger partial charge is 0.481 e. The summed E-state index contributed by atoms with van der Waals surface area (Å²) in [6.07, 6.45) is 1.17. The van der Waals surface area contributed by atoms with E-state index in [1.807, 2.05) is 0 Å². The Kier molecular flexibility index (Phi) is 7.18. The summed E-state index contributed by atoms with van der Waals surface area (Å²) in [5, 5.41) is 19.6. The highest BCUT2D eigenvalue weighted by molar-refractivity contribution is 7.99. The number of rotatable bonds is 9. The van der Waals surface area contributed by atoms with Crippen molar-refractivity contribution in [1.82, 2.24) is 25.0 Å². The molecular weight excluding hydrogens is 439 g/mol. The third kappa shape index (κ3) is 5.52. The van der Waals surface area contributed by atoms with Gasteiger partial charge in [-0.2, -0.15) is 0 Å². The predicted octanol–water partition coefficient (Wildman–Crippen LogP) is 3.98. The number of ether oxygens (including phenoxy) is 1. The van der Waals surface area contributed by atoms with Gasteiger partial charge >= 0.3 is 0 Å². The second kappa shape index (κ2) is 9.81. The SMILES string of the molecule is C=CCn1c(SCC(=O)Nc2nncs2)nnc1C(C)Oc1ccc(F)cc1Cl. The minimum absolute atomic E-state index is 0.119. The molecule has 0 spiro atoms. The molecule has 1 unspecified atom stereocenters. The molecule has 8 nitrogen and oxygen atoms in total. The van der Waals surface area contributed by atoms with Crippen LogP contribution in [0.1, 0.15) is 18.9 Å². The molecule has 29 heavy (non-hydrogen) atoms. The maximum absolute atomic E-state index is 13.2. The number of amides is 1. The maximum atomic E-state index is 13.2. The molecule has 3 rings (SSSR count). The van der Waals surface area contributed by atoms with Gasteiger partial charge in [-0.05, 0) is 25.1 Å². The quantitative estimate of drug-likeness (QED) is 0.386. The highest BCUT2D eigenvalue weighted by atomic mass is 35.5. The number of carbonyl (C=O) groups excluding carboxylic acids is 1. The van der Waals surface area contributed by atoms with Crippen LogP contribution in [0.5, 0.6) is 5.75 Å². The van der Waals surface area contributed by atoms with E-state index in [0.717, 1.165) is 0 Å². The average Bonchev–Trinajstić information content (AvgIpc) is 3.32. The van der Waals surface area contributed by atoms with Crippen molar-refractivity contribution in [3.63, 3.8) is 0 Å². The number of allylic oxidation sites excluding steroid dienone is 1. The van der Waals surface area contributed by atoms with E-state index in [9.17, 15) is 9.18 Å². The Bertz CT molecular complexity index is 998. The third-order valence-electron chi connectivity index (χ3n) is 3.56. The molecular formula is C17H16ClFN6O2S2. The van der Waals surface area contributed by atoms with Crippen molar-refractivity contribution in [3.05, 3.63) is 53.0 Å². The van der Waals surface area contributed by atoms with E-state index >= 15 is 0 Å². The van der Waals surface area contributed by atoms with Gasteiger partial charge in [-0.25, -0.2) is 4.39 Å². The average molecular weight is 455 g/mol. The highest BCUT2D eigenvalue weighted by Crippen LogP contribution is 2.30. The van der Waals surface area contributed by atoms with Crippen LogP contribution in [0.15, 0.2) is 41.5 Å². The Labute approximate surface area is 179 Å². The molecule has 1 atom stereocenters. The first-order chi connectivity index (χ1) is 14.0. The summed E-state index contributed by atoms with van der Waals surface area (Å²) in [6.45, 7) is 5.95. The molecule has 0 saturated heterocycles. The molecule has 0 saturated carbocycles. The van der Waals surface area contributed by atoms with Crippen molar-refractivity contribution in [1.29, 1.82) is 0 Å². The number of hydrogen-bond acceptors (Lipinski definition) is 8. The standard InChI is InChI=1S/C17H16ClFN6O2S2/c1-3-6-25-15(10(2)27-13-5-4-11(19)7-12(13)18)22-24-17(25)28-8-14(26)21-16-23-20-9-29-16/h3-5,7,9-10H,1,6,8H2,2H3,(H,21,23,26). The van der Waals surface area contributed by atoms with Gasteiger partial charge in [-0.15, -0.1) is 27.0 Å². The molecule has 1 amide bonds. The summed E-state index contributed by atoms with van der Waals surface area (Å²) in [6, 6.07) is 3.89. The lowest BCUT2D eigenvalue weighted by molar-refractivity contribution is -0.113. The number of hydrogen-bond donors (Lipinski definition) is 1. The molecule has 2 aromatic heterocycles. The van der Waals surface area contributed by atoms with Crippen LogP contribution in [-0.4, -0.2) is 36.6 Å². The Morgan fingerprint density at radius 3 is 3.00 bits per heavy atom. The minimum Gasteiger partial charge on any atom is -0.481 e. The first-order valence-electron chi connectivity index (χ1n) is 8.32. The second-order valence-corrected chi connectivity index (χ2v) is 7.84. The van der Waals surface area contributed by atoms with Gasteiger partial charge in [0, 0.05) is 6.54 Å². The van der Waals surface area contributed by atoms with Crippen molar-refractivity contribution in [2.45, 2.75) is 24.7 Å². The van der Waals surface area contributed by atoms with Crippen molar-refractivity contribution >= 4 is 45.7 Å². The molecule has 0 bridgehead atoms. The normalized spacial score (nSPS) is 11.8. The predicted molar refractivity (Wildman–Crippen MR) is 110 cm³/mol. The minimum atomic E-state index is -0.519. The molecule has 0 radical (unpaired) electrons. The van der Waals surface area contributed by atoms with Crippen molar-refractivity contribution in [2.24, 2.45) is 0 Å². The smallest absolute Gasteiger partial charge is 0.236 e. The lowest BCUT2D eigenvalue weighted by Gasteiger charge is -2.16. The number of carbonyl (C=O) groups is 1. The molecule has 2 heterocycles. The Hall–Kier alpha value is -2.50. The zero-order valence-corrected chi connectivity index (χ0v) is 17.6. The van der Waals surface area contributed by atoms with E-state index in [1.165, 1.54) is 46.8 Å².